The molecule has 1 aliphatic rings. The van der Waals surface area contributed by atoms with Crippen molar-refractivity contribution in [1.29, 1.82) is 0 Å². The molecule has 0 saturated carbocycles. The summed E-state index contributed by atoms with van der Waals surface area (Å²) in [6.07, 6.45) is 3.64. The topological polar surface area (TPSA) is 46.8 Å². The number of hydrogen-bond donors (Lipinski definition) is 0. The lowest BCUT2D eigenvalue weighted by Crippen LogP contribution is -2.27. The van der Waals surface area contributed by atoms with E-state index in [1.54, 1.807) is 0 Å². The molecule has 5 heteroatoms. The highest BCUT2D eigenvalue weighted by atomic mass is 15.1. The van der Waals surface area contributed by atoms with Crippen LogP contribution in [0.3, 0.4) is 0 Å². The molecule has 5 nitrogen and oxygen atoms in total. The van der Waals surface area contributed by atoms with Crippen LogP contribution in [0.15, 0.2) is 188 Å². The van der Waals surface area contributed by atoms with E-state index in [-0.39, 0.29) is 5.41 Å². The average molecular weight is 732 g/mol. The molecule has 57 heavy (non-hydrogen) atoms. The Bertz CT molecular complexity index is 3040. The molecule has 4 aromatic heterocycles. The molecule has 0 spiro atoms. The third-order valence-electron chi connectivity index (χ3n) is 11.6. The molecule has 0 N–H and O–H groups in total. The third kappa shape index (κ3) is 5.27. The first-order valence-corrected chi connectivity index (χ1v) is 19.4. The summed E-state index contributed by atoms with van der Waals surface area (Å²) in [7, 11) is 0. The lowest BCUT2D eigenvalue weighted by Gasteiger charge is -2.36. The highest BCUT2D eigenvalue weighted by Crippen LogP contribution is 2.52. The second-order valence-corrected chi connectivity index (χ2v) is 15.3. The smallest absolute Gasteiger partial charge is 0.0900 e. The SMILES string of the molecule is CC1(C)c2cc(-c3cc(-c4ccccn4)nc(-c4ccccn4)c3)ccc2-n2c3ccc4ccccc4c3c3cc(N(c4ccccc4)c4ccccc4)cc1c32. The summed E-state index contributed by atoms with van der Waals surface area (Å²) in [5, 5.41) is 5.02. The number of fused-ring (bicyclic) bond motifs is 7. The zero-order valence-corrected chi connectivity index (χ0v) is 31.6. The van der Waals surface area contributed by atoms with Crippen LogP contribution in [0, 0.1) is 0 Å². The molecule has 5 heterocycles. The van der Waals surface area contributed by atoms with Gasteiger partial charge in [0.2, 0.25) is 0 Å². The molecule has 11 rings (SSSR count). The van der Waals surface area contributed by atoms with Crippen LogP contribution in [0.1, 0.15) is 25.0 Å². The van der Waals surface area contributed by atoms with Gasteiger partial charge in [-0.2, -0.15) is 0 Å². The van der Waals surface area contributed by atoms with E-state index >= 15 is 0 Å². The Morgan fingerprint density at radius 2 is 1.11 bits per heavy atom. The maximum absolute atomic E-state index is 5.07. The van der Waals surface area contributed by atoms with Gasteiger partial charge in [0, 0.05) is 45.6 Å². The molecule has 10 aromatic rings. The van der Waals surface area contributed by atoms with Gasteiger partial charge < -0.3 is 9.47 Å². The maximum atomic E-state index is 5.07. The zero-order valence-electron chi connectivity index (χ0n) is 31.6. The van der Waals surface area contributed by atoms with E-state index in [1.165, 1.54) is 49.4 Å². The lowest BCUT2D eigenvalue weighted by molar-refractivity contribution is 0.630. The second-order valence-electron chi connectivity index (χ2n) is 15.3. The van der Waals surface area contributed by atoms with Gasteiger partial charge in [-0.1, -0.05) is 98.8 Å². The van der Waals surface area contributed by atoms with Gasteiger partial charge in [0.1, 0.15) is 0 Å². The Hall–Kier alpha value is -7.37. The van der Waals surface area contributed by atoms with Crippen LogP contribution in [0.4, 0.5) is 17.1 Å². The number of nitrogens with zero attached hydrogens (tertiary/aromatic N) is 5. The van der Waals surface area contributed by atoms with Crippen LogP contribution in [-0.2, 0) is 5.41 Å². The van der Waals surface area contributed by atoms with Crippen molar-refractivity contribution in [2.75, 3.05) is 4.90 Å². The number of rotatable bonds is 6. The Morgan fingerprint density at radius 3 is 1.75 bits per heavy atom. The van der Waals surface area contributed by atoms with Gasteiger partial charge in [0.05, 0.1) is 39.5 Å². The van der Waals surface area contributed by atoms with Crippen molar-refractivity contribution in [3.63, 3.8) is 0 Å². The van der Waals surface area contributed by atoms with Crippen molar-refractivity contribution < 1.29 is 0 Å². The number of aromatic nitrogens is 4. The summed E-state index contributed by atoms with van der Waals surface area (Å²) >= 11 is 0. The second kappa shape index (κ2) is 12.9. The van der Waals surface area contributed by atoms with Gasteiger partial charge in [-0.05, 0) is 124 Å². The van der Waals surface area contributed by atoms with Crippen LogP contribution in [-0.4, -0.2) is 19.5 Å². The van der Waals surface area contributed by atoms with Crippen LogP contribution in [0.2, 0.25) is 0 Å². The molecule has 6 aromatic carbocycles. The molecule has 270 valence electrons. The van der Waals surface area contributed by atoms with Gasteiger partial charge in [0.25, 0.3) is 0 Å². The molecule has 0 unspecified atom stereocenters. The fraction of sp³-hybridized carbons (Fsp3) is 0.0577. The molecule has 0 bridgehead atoms. The fourth-order valence-electron chi connectivity index (χ4n) is 8.90. The van der Waals surface area contributed by atoms with Crippen LogP contribution in [0.25, 0.3) is 72.2 Å². The van der Waals surface area contributed by atoms with Gasteiger partial charge in [-0.3, -0.25) is 9.97 Å². The van der Waals surface area contributed by atoms with Crippen molar-refractivity contribution in [3.05, 3.63) is 199 Å². The van der Waals surface area contributed by atoms with Crippen molar-refractivity contribution in [2.24, 2.45) is 0 Å². The Kier molecular flexibility index (Phi) is 7.45. The lowest BCUT2D eigenvalue weighted by atomic mass is 9.73. The minimum absolute atomic E-state index is 0.362. The largest absolute Gasteiger partial charge is 0.310 e. The van der Waals surface area contributed by atoms with E-state index in [4.69, 9.17) is 4.98 Å². The number of benzene rings is 6. The quantitative estimate of drug-likeness (QED) is 0.171. The molecule has 0 amide bonds. The van der Waals surface area contributed by atoms with E-state index in [1.807, 2.05) is 48.8 Å². The molecule has 0 atom stereocenters. The molecule has 1 aliphatic heterocycles. The van der Waals surface area contributed by atoms with Crippen molar-refractivity contribution >= 4 is 49.6 Å². The first kappa shape index (κ1) is 33.0. The zero-order chi connectivity index (χ0) is 38.1. The standard InChI is InChI=1S/C52H37N5/c1-52(2)42-29-35(36-30-46(44-21-11-13-27-53-44)55-47(31-36)45-22-12-14-28-54-45)24-25-48(42)57-49-26-23-34-15-9-10-20-40(34)50(49)41-32-39(33-43(52)51(41)57)56(37-16-5-3-6-17-37)38-18-7-4-8-19-38/h3-33H,1-2H3. The molecule has 0 aliphatic carbocycles. The van der Waals surface area contributed by atoms with E-state index in [2.05, 4.69) is 173 Å². The van der Waals surface area contributed by atoms with Crippen molar-refractivity contribution in [3.8, 4) is 39.6 Å². The summed E-state index contributed by atoms with van der Waals surface area (Å²) in [4.78, 5) is 16.8. The Balaban J connectivity index is 1.19. The first-order valence-electron chi connectivity index (χ1n) is 19.4. The average Bonchev–Trinajstić information content (AvgIpc) is 3.61. The normalized spacial score (nSPS) is 12.9. The number of anilines is 3. The summed E-state index contributed by atoms with van der Waals surface area (Å²) in [5.74, 6) is 0. The van der Waals surface area contributed by atoms with E-state index in [0.717, 1.165) is 51.0 Å². The Morgan fingerprint density at radius 1 is 0.474 bits per heavy atom. The van der Waals surface area contributed by atoms with E-state index in [0.29, 0.717) is 0 Å². The number of para-hydroxylation sites is 2. The summed E-state index contributed by atoms with van der Waals surface area (Å²) in [6.45, 7) is 4.77. The molecule has 0 fully saturated rings. The Labute approximate surface area is 331 Å². The maximum Gasteiger partial charge on any atom is 0.0900 e. The minimum Gasteiger partial charge on any atom is -0.310 e. The highest BCUT2D eigenvalue weighted by molar-refractivity contribution is 6.23. The fourth-order valence-corrected chi connectivity index (χ4v) is 8.90. The van der Waals surface area contributed by atoms with Gasteiger partial charge in [0.15, 0.2) is 0 Å². The van der Waals surface area contributed by atoms with Crippen LogP contribution in [0.5, 0.6) is 0 Å². The summed E-state index contributed by atoms with van der Waals surface area (Å²) < 4.78 is 2.52. The first-order chi connectivity index (χ1) is 28.0. The van der Waals surface area contributed by atoms with Crippen molar-refractivity contribution in [1.82, 2.24) is 19.5 Å². The van der Waals surface area contributed by atoms with Gasteiger partial charge in [-0.25, -0.2) is 4.98 Å². The molecule has 0 radical (unpaired) electrons. The van der Waals surface area contributed by atoms with Crippen molar-refractivity contribution in [2.45, 2.75) is 19.3 Å². The van der Waals surface area contributed by atoms with Crippen LogP contribution < -0.4 is 4.90 Å². The van der Waals surface area contributed by atoms with Crippen LogP contribution >= 0.6 is 0 Å². The summed E-state index contributed by atoms with van der Waals surface area (Å²) in [6, 6.07) is 62.8. The van der Waals surface area contributed by atoms with Gasteiger partial charge in [-0.15, -0.1) is 0 Å². The predicted molar refractivity (Wildman–Crippen MR) is 235 cm³/mol. The number of hydrogen-bond acceptors (Lipinski definition) is 4. The number of pyridine rings is 3. The van der Waals surface area contributed by atoms with E-state index in [9.17, 15) is 0 Å². The molecule has 0 saturated heterocycles. The third-order valence-corrected chi connectivity index (χ3v) is 11.6. The molecular weight excluding hydrogens is 695 g/mol. The molecular formula is C52H37N5. The van der Waals surface area contributed by atoms with E-state index < -0.39 is 0 Å². The monoisotopic (exact) mass is 731 g/mol. The highest BCUT2D eigenvalue weighted by Gasteiger charge is 2.37. The summed E-state index contributed by atoms with van der Waals surface area (Å²) in [5.41, 5.74) is 14.7. The predicted octanol–water partition coefficient (Wildman–Crippen LogP) is 13.2. The minimum atomic E-state index is -0.362. The van der Waals surface area contributed by atoms with Gasteiger partial charge >= 0.3 is 0 Å².